The second-order valence-electron chi connectivity index (χ2n) is 15.2. The molecule has 1 aromatic carbocycles. The van der Waals surface area contributed by atoms with E-state index < -0.39 is 0 Å². The summed E-state index contributed by atoms with van der Waals surface area (Å²) in [4.78, 5) is 0. The summed E-state index contributed by atoms with van der Waals surface area (Å²) in [5.74, 6) is 0.640. The first kappa shape index (κ1) is 42.2. The highest BCUT2D eigenvalue weighted by molar-refractivity contribution is 5.43. The van der Waals surface area contributed by atoms with Crippen LogP contribution in [-0.2, 0) is 19.3 Å². The molecule has 0 aromatic heterocycles. The van der Waals surface area contributed by atoms with Crippen LogP contribution in [0, 0.1) is 0 Å². The fourth-order valence-electron chi connectivity index (χ4n) is 7.52. The van der Waals surface area contributed by atoms with E-state index >= 15 is 0 Å². The first-order chi connectivity index (χ1) is 22.2. The molecule has 0 radical (unpaired) electrons. The SMILES string of the molecule is CCCCCCCCCCCCc1ccc(C(C)C)c(CCCCCCCCCCCC)c1CCCCCCCCCCCC. The van der Waals surface area contributed by atoms with Crippen LogP contribution in [0.5, 0.6) is 0 Å². The Labute approximate surface area is 286 Å². The Bertz CT molecular complexity index is 743. The van der Waals surface area contributed by atoms with Gasteiger partial charge in [-0.15, -0.1) is 0 Å². The zero-order chi connectivity index (χ0) is 32.6. The van der Waals surface area contributed by atoms with Crippen molar-refractivity contribution >= 4 is 0 Å². The van der Waals surface area contributed by atoms with Crippen molar-refractivity contribution < 1.29 is 0 Å². The minimum absolute atomic E-state index is 0.640. The molecule has 0 saturated heterocycles. The molecule has 0 nitrogen and oxygen atoms in total. The van der Waals surface area contributed by atoms with E-state index in [0.717, 1.165) is 0 Å². The molecule has 0 heterocycles. The summed E-state index contributed by atoms with van der Waals surface area (Å²) in [6, 6.07) is 5.11. The number of benzene rings is 1. The van der Waals surface area contributed by atoms with Crippen LogP contribution in [0.1, 0.15) is 255 Å². The number of hydrogen-bond acceptors (Lipinski definition) is 0. The number of aryl methyl sites for hydroxylation is 1. The summed E-state index contributed by atoms with van der Waals surface area (Å²) in [5.41, 5.74) is 6.97. The van der Waals surface area contributed by atoms with Crippen LogP contribution in [0.3, 0.4) is 0 Å². The third-order valence-corrected chi connectivity index (χ3v) is 10.5. The Balaban J connectivity index is 2.65. The highest BCUT2D eigenvalue weighted by atomic mass is 14.2. The third kappa shape index (κ3) is 23.2. The van der Waals surface area contributed by atoms with Crippen LogP contribution in [0.15, 0.2) is 12.1 Å². The maximum Gasteiger partial charge on any atom is -0.0216 e. The van der Waals surface area contributed by atoms with Crippen molar-refractivity contribution in [3.8, 4) is 0 Å². The van der Waals surface area contributed by atoms with Gasteiger partial charge in [0, 0.05) is 0 Å². The third-order valence-electron chi connectivity index (χ3n) is 10.5. The van der Waals surface area contributed by atoms with E-state index in [1.54, 1.807) is 22.3 Å². The zero-order valence-electron chi connectivity index (χ0n) is 32.1. The minimum Gasteiger partial charge on any atom is -0.0654 e. The first-order valence-electron chi connectivity index (χ1n) is 21.3. The Morgan fingerprint density at radius 2 is 0.622 bits per heavy atom. The smallest absolute Gasteiger partial charge is 0.0216 e. The fraction of sp³-hybridized carbons (Fsp3) is 0.867. The molecule has 0 bridgehead atoms. The van der Waals surface area contributed by atoms with Crippen molar-refractivity contribution in [2.45, 2.75) is 252 Å². The van der Waals surface area contributed by atoms with Gasteiger partial charge in [0.15, 0.2) is 0 Å². The van der Waals surface area contributed by atoms with Gasteiger partial charge in [0.1, 0.15) is 0 Å². The molecule has 0 N–H and O–H groups in total. The molecule has 0 aliphatic rings. The van der Waals surface area contributed by atoms with E-state index in [1.165, 1.54) is 212 Å². The summed E-state index contributed by atoms with van der Waals surface area (Å²) in [5, 5.41) is 0. The van der Waals surface area contributed by atoms with Crippen LogP contribution >= 0.6 is 0 Å². The zero-order valence-corrected chi connectivity index (χ0v) is 32.1. The second kappa shape index (κ2) is 31.8. The normalized spacial score (nSPS) is 11.7. The van der Waals surface area contributed by atoms with Crippen LogP contribution in [0.25, 0.3) is 0 Å². The highest BCUT2D eigenvalue weighted by Crippen LogP contribution is 2.30. The van der Waals surface area contributed by atoms with Crippen molar-refractivity contribution in [3.63, 3.8) is 0 Å². The molecule has 0 amide bonds. The van der Waals surface area contributed by atoms with Gasteiger partial charge in [-0.1, -0.05) is 220 Å². The monoisotopic (exact) mass is 625 g/mol. The van der Waals surface area contributed by atoms with Gasteiger partial charge in [0.2, 0.25) is 0 Å². The second-order valence-corrected chi connectivity index (χ2v) is 15.2. The van der Waals surface area contributed by atoms with E-state index in [4.69, 9.17) is 0 Å². The van der Waals surface area contributed by atoms with Crippen LogP contribution in [0.2, 0.25) is 0 Å². The van der Waals surface area contributed by atoms with Gasteiger partial charge in [-0.25, -0.2) is 0 Å². The van der Waals surface area contributed by atoms with Crippen molar-refractivity contribution in [3.05, 3.63) is 34.4 Å². The van der Waals surface area contributed by atoms with Crippen molar-refractivity contribution in [2.24, 2.45) is 0 Å². The standard InChI is InChI=1S/C45H84/c1-6-9-12-15-18-21-24-27-30-33-36-42-39-40-43(41(4)5)45(38-35-32-29-26-23-20-17-14-11-8-3)44(42)37-34-31-28-25-22-19-16-13-10-7-2/h39-41H,6-38H2,1-5H3. The fourth-order valence-corrected chi connectivity index (χ4v) is 7.52. The van der Waals surface area contributed by atoms with Gasteiger partial charge < -0.3 is 0 Å². The van der Waals surface area contributed by atoms with Crippen LogP contribution in [-0.4, -0.2) is 0 Å². The summed E-state index contributed by atoms with van der Waals surface area (Å²) in [6.45, 7) is 11.8. The Morgan fingerprint density at radius 1 is 0.333 bits per heavy atom. The van der Waals surface area contributed by atoms with Gasteiger partial charge in [-0.2, -0.15) is 0 Å². The maximum absolute atomic E-state index is 2.57. The first-order valence-corrected chi connectivity index (χ1v) is 21.3. The van der Waals surface area contributed by atoms with Crippen molar-refractivity contribution in [1.29, 1.82) is 0 Å². The lowest BCUT2D eigenvalue weighted by Crippen LogP contribution is -2.07. The maximum atomic E-state index is 2.57. The number of hydrogen-bond donors (Lipinski definition) is 0. The summed E-state index contributed by atoms with van der Waals surface area (Å²) in [7, 11) is 0. The predicted octanol–water partition coefficient (Wildman–Crippen LogP) is 16.2. The summed E-state index contributed by atoms with van der Waals surface area (Å²) < 4.78 is 0. The lowest BCUT2D eigenvalue weighted by atomic mass is 9.84. The summed E-state index contributed by atoms with van der Waals surface area (Å²) in [6.07, 6.45) is 47.0. The van der Waals surface area contributed by atoms with Crippen molar-refractivity contribution in [1.82, 2.24) is 0 Å². The Hall–Kier alpha value is -0.780. The van der Waals surface area contributed by atoms with Crippen molar-refractivity contribution in [2.75, 3.05) is 0 Å². The average molecular weight is 625 g/mol. The average Bonchev–Trinajstić information content (AvgIpc) is 3.04. The molecule has 0 aliphatic carbocycles. The molecule has 0 unspecified atom stereocenters. The molecule has 45 heavy (non-hydrogen) atoms. The quantitative estimate of drug-likeness (QED) is 0.0669. The van der Waals surface area contributed by atoms with Gasteiger partial charge in [0.05, 0.1) is 0 Å². The Kier molecular flexibility index (Phi) is 29.9. The van der Waals surface area contributed by atoms with Gasteiger partial charge >= 0.3 is 0 Å². The van der Waals surface area contributed by atoms with E-state index in [-0.39, 0.29) is 0 Å². The Morgan fingerprint density at radius 3 is 0.956 bits per heavy atom. The minimum atomic E-state index is 0.640. The molecule has 264 valence electrons. The number of rotatable bonds is 34. The molecule has 0 fully saturated rings. The summed E-state index contributed by atoms with van der Waals surface area (Å²) >= 11 is 0. The molecular formula is C45H84. The van der Waals surface area contributed by atoms with Crippen LogP contribution in [0.4, 0.5) is 0 Å². The highest BCUT2D eigenvalue weighted by Gasteiger charge is 2.15. The van der Waals surface area contributed by atoms with E-state index in [0.29, 0.717) is 5.92 Å². The van der Waals surface area contributed by atoms with Gasteiger partial charge in [-0.05, 0) is 66.7 Å². The number of unbranched alkanes of at least 4 members (excludes halogenated alkanes) is 27. The molecular weight excluding hydrogens is 540 g/mol. The van der Waals surface area contributed by atoms with Gasteiger partial charge in [-0.3, -0.25) is 0 Å². The van der Waals surface area contributed by atoms with E-state index in [1.807, 2.05) is 0 Å². The molecule has 0 heteroatoms. The lowest BCUT2D eigenvalue weighted by molar-refractivity contribution is 0.550. The topological polar surface area (TPSA) is 0 Å². The molecule has 1 rings (SSSR count). The molecule has 0 saturated carbocycles. The van der Waals surface area contributed by atoms with Gasteiger partial charge in [0.25, 0.3) is 0 Å². The molecule has 1 aromatic rings. The molecule has 0 atom stereocenters. The largest absolute Gasteiger partial charge is 0.0654 e. The van der Waals surface area contributed by atoms with E-state index in [9.17, 15) is 0 Å². The van der Waals surface area contributed by atoms with Crippen LogP contribution < -0.4 is 0 Å². The molecule has 0 spiro atoms. The lowest BCUT2D eigenvalue weighted by Gasteiger charge is -2.22. The molecule has 0 aliphatic heterocycles. The van der Waals surface area contributed by atoms with E-state index in [2.05, 4.69) is 46.8 Å². The predicted molar refractivity (Wildman–Crippen MR) is 207 cm³/mol.